The quantitative estimate of drug-likeness (QED) is 0.467. The molecule has 1 heteroatoms. The lowest BCUT2D eigenvalue weighted by molar-refractivity contribution is -0.452. The fourth-order valence-corrected chi connectivity index (χ4v) is 1.06. The molecule has 1 aliphatic rings. The maximum Gasteiger partial charge on any atom is 0.164 e. The summed E-state index contributed by atoms with van der Waals surface area (Å²) in [5, 5.41) is 0. The topological polar surface area (TPSA) is 3.01 Å². The molecule has 50 valence electrons. The van der Waals surface area contributed by atoms with Crippen LogP contribution in [0.25, 0.3) is 0 Å². The minimum Gasteiger partial charge on any atom is -0.209 e. The summed E-state index contributed by atoms with van der Waals surface area (Å²) in [5.74, 6) is 0.731. The Balaban J connectivity index is 2.59. The molecule has 0 bridgehead atoms. The second kappa shape index (κ2) is 2.81. The second-order valence-corrected chi connectivity index (χ2v) is 2.58. The van der Waals surface area contributed by atoms with Crippen molar-refractivity contribution in [1.29, 1.82) is 0 Å². The highest BCUT2D eigenvalue weighted by Crippen LogP contribution is 2.03. The number of allylic oxidation sites excluding steroid dienone is 1. The molecule has 1 aliphatic heterocycles. The monoisotopic (exact) mass is 124 g/mol. The Kier molecular flexibility index (Phi) is 2.04. The van der Waals surface area contributed by atoms with Gasteiger partial charge in [0.2, 0.25) is 0 Å². The van der Waals surface area contributed by atoms with Crippen molar-refractivity contribution in [3.05, 3.63) is 12.3 Å². The first-order valence-electron chi connectivity index (χ1n) is 3.60. The van der Waals surface area contributed by atoms with Gasteiger partial charge >= 0.3 is 0 Å². The molecule has 0 aromatic heterocycles. The van der Waals surface area contributed by atoms with Gasteiger partial charge in [-0.15, -0.1) is 0 Å². The van der Waals surface area contributed by atoms with E-state index in [1.807, 2.05) is 0 Å². The Morgan fingerprint density at radius 2 is 2.44 bits per heavy atom. The predicted molar refractivity (Wildman–Crippen MR) is 39.8 cm³/mol. The summed E-state index contributed by atoms with van der Waals surface area (Å²) >= 11 is 0. The molecule has 1 atom stereocenters. The molecule has 1 unspecified atom stereocenters. The number of hydrogen-bond donors (Lipinski definition) is 0. The van der Waals surface area contributed by atoms with Crippen LogP contribution in [0.1, 0.15) is 20.3 Å². The van der Waals surface area contributed by atoms with Gasteiger partial charge in [0.1, 0.15) is 12.8 Å². The number of rotatable bonds is 1. The van der Waals surface area contributed by atoms with Gasteiger partial charge in [0.05, 0.1) is 0 Å². The molecule has 0 aromatic rings. The van der Waals surface area contributed by atoms with E-state index in [-0.39, 0.29) is 0 Å². The van der Waals surface area contributed by atoms with Crippen molar-refractivity contribution in [1.82, 2.24) is 0 Å². The van der Waals surface area contributed by atoms with Crippen LogP contribution in [0, 0.1) is 5.92 Å². The lowest BCUT2D eigenvalue weighted by Gasteiger charge is -2.03. The molecule has 0 saturated carbocycles. The zero-order chi connectivity index (χ0) is 6.69. The normalized spacial score (nSPS) is 26.0. The third-order valence-corrected chi connectivity index (χ3v) is 1.62. The smallest absolute Gasteiger partial charge is 0.164 e. The molecule has 0 aromatic carbocycles. The van der Waals surface area contributed by atoms with Crippen molar-refractivity contribution in [2.75, 3.05) is 6.54 Å². The highest BCUT2D eigenvalue weighted by molar-refractivity contribution is 5.55. The summed E-state index contributed by atoms with van der Waals surface area (Å²) in [5.41, 5.74) is 0. The highest BCUT2D eigenvalue weighted by Gasteiger charge is 2.07. The molecule has 1 heterocycles. The van der Waals surface area contributed by atoms with Gasteiger partial charge in [-0.25, -0.2) is 4.58 Å². The van der Waals surface area contributed by atoms with Crippen LogP contribution in [0.4, 0.5) is 0 Å². The van der Waals surface area contributed by atoms with Gasteiger partial charge < -0.3 is 0 Å². The van der Waals surface area contributed by atoms with Crippen LogP contribution in [-0.4, -0.2) is 17.3 Å². The summed E-state index contributed by atoms with van der Waals surface area (Å²) in [7, 11) is 0. The van der Waals surface area contributed by atoms with Gasteiger partial charge in [-0.3, -0.25) is 0 Å². The van der Waals surface area contributed by atoms with E-state index in [4.69, 9.17) is 0 Å². The maximum absolute atomic E-state index is 2.28. The maximum atomic E-state index is 2.28. The molecule has 0 spiro atoms. The molecule has 0 radical (unpaired) electrons. The van der Waals surface area contributed by atoms with E-state index >= 15 is 0 Å². The average molecular weight is 124 g/mol. The Bertz CT molecular complexity index is 145. The number of nitrogens with zero attached hydrogens (tertiary/aromatic N) is 1. The van der Waals surface area contributed by atoms with Gasteiger partial charge in [-0.05, 0) is 19.4 Å². The van der Waals surface area contributed by atoms with E-state index in [1.165, 1.54) is 6.42 Å². The van der Waals surface area contributed by atoms with E-state index < -0.39 is 0 Å². The molecule has 9 heavy (non-hydrogen) atoms. The summed E-state index contributed by atoms with van der Waals surface area (Å²) in [6.07, 6.45) is 7.87. The molecule has 0 fully saturated rings. The highest BCUT2D eigenvalue weighted by atomic mass is 15.0. The zero-order valence-electron chi connectivity index (χ0n) is 6.17. The van der Waals surface area contributed by atoms with E-state index in [9.17, 15) is 0 Å². The van der Waals surface area contributed by atoms with Crippen molar-refractivity contribution < 1.29 is 4.58 Å². The molecule has 1 rings (SSSR count). The molecular weight excluding hydrogens is 110 g/mol. The second-order valence-electron chi connectivity index (χ2n) is 2.58. The zero-order valence-corrected chi connectivity index (χ0v) is 6.17. The van der Waals surface area contributed by atoms with Crippen molar-refractivity contribution in [2.24, 2.45) is 5.92 Å². The average Bonchev–Trinajstić information content (AvgIpc) is 1.88. The molecule has 0 amide bonds. The van der Waals surface area contributed by atoms with Crippen LogP contribution in [0.5, 0.6) is 0 Å². The fraction of sp³-hybridized carbons (Fsp3) is 0.625. The molecular formula is C8H14N+. The Hall–Kier alpha value is -0.590. The molecule has 1 nitrogen and oxygen atoms in total. The first-order valence-corrected chi connectivity index (χ1v) is 3.60. The summed E-state index contributed by atoms with van der Waals surface area (Å²) in [4.78, 5) is 0. The van der Waals surface area contributed by atoms with Crippen molar-refractivity contribution in [3.8, 4) is 0 Å². The summed E-state index contributed by atoms with van der Waals surface area (Å²) in [6.45, 7) is 5.51. The van der Waals surface area contributed by atoms with Crippen molar-refractivity contribution in [2.45, 2.75) is 20.3 Å². The standard InChI is InChI=1S/C8H14N/c1-3-9-6-4-5-8(2)7-9/h4,6-8H,3,5H2,1-2H3/q+1. The lowest BCUT2D eigenvalue weighted by atomic mass is 10.1. The van der Waals surface area contributed by atoms with Crippen LogP contribution >= 0.6 is 0 Å². The fourth-order valence-electron chi connectivity index (χ4n) is 1.06. The summed E-state index contributed by atoms with van der Waals surface area (Å²) < 4.78 is 2.23. The van der Waals surface area contributed by atoms with Gasteiger partial charge in [0.15, 0.2) is 6.20 Å². The van der Waals surface area contributed by atoms with Gasteiger partial charge in [-0.1, -0.05) is 6.92 Å². The first-order chi connectivity index (χ1) is 4.33. The van der Waals surface area contributed by atoms with Crippen LogP contribution < -0.4 is 0 Å². The van der Waals surface area contributed by atoms with Gasteiger partial charge in [0.25, 0.3) is 0 Å². The summed E-state index contributed by atoms with van der Waals surface area (Å²) in [6, 6.07) is 0. The van der Waals surface area contributed by atoms with Crippen LogP contribution in [0.15, 0.2) is 12.3 Å². The van der Waals surface area contributed by atoms with Crippen LogP contribution in [0.3, 0.4) is 0 Å². The third kappa shape index (κ3) is 1.67. The SMILES string of the molecule is CC[N+]1=CC(C)CC=C1. The van der Waals surface area contributed by atoms with E-state index in [0.717, 1.165) is 12.5 Å². The minimum atomic E-state index is 0.731. The molecule has 0 saturated heterocycles. The van der Waals surface area contributed by atoms with E-state index in [2.05, 4.69) is 36.9 Å². The minimum absolute atomic E-state index is 0.731. The Morgan fingerprint density at radius 1 is 1.67 bits per heavy atom. The Morgan fingerprint density at radius 3 is 2.89 bits per heavy atom. The van der Waals surface area contributed by atoms with Crippen LogP contribution in [-0.2, 0) is 0 Å². The van der Waals surface area contributed by atoms with Crippen molar-refractivity contribution in [3.63, 3.8) is 0 Å². The Labute approximate surface area is 56.7 Å². The van der Waals surface area contributed by atoms with Crippen molar-refractivity contribution >= 4 is 6.21 Å². The van der Waals surface area contributed by atoms with Gasteiger partial charge in [-0.2, -0.15) is 0 Å². The number of hydrogen-bond acceptors (Lipinski definition) is 0. The van der Waals surface area contributed by atoms with E-state index in [1.54, 1.807) is 0 Å². The largest absolute Gasteiger partial charge is 0.209 e. The lowest BCUT2D eigenvalue weighted by Crippen LogP contribution is -2.13. The van der Waals surface area contributed by atoms with Gasteiger partial charge in [0, 0.05) is 5.92 Å². The predicted octanol–water partition coefficient (Wildman–Crippen LogP) is 1.64. The molecule has 0 N–H and O–H groups in total. The van der Waals surface area contributed by atoms with Crippen LogP contribution in [0.2, 0.25) is 0 Å². The first kappa shape index (κ1) is 6.53. The third-order valence-electron chi connectivity index (χ3n) is 1.62. The molecule has 0 aliphatic carbocycles. The van der Waals surface area contributed by atoms with E-state index in [0.29, 0.717) is 0 Å².